The molecule has 1 aromatic heterocycles. The van der Waals surface area contributed by atoms with Crippen LogP contribution in [-0.4, -0.2) is 11.6 Å². The van der Waals surface area contributed by atoms with Crippen molar-refractivity contribution in [3.8, 4) is 5.19 Å². The minimum absolute atomic E-state index is 0.568. The van der Waals surface area contributed by atoms with Gasteiger partial charge in [0.05, 0.1) is 6.61 Å². The molecule has 0 saturated heterocycles. The zero-order valence-electron chi connectivity index (χ0n) is 7.83. The van der Waals surface area contributed by atoms with E-state index in [-0.39, 0.29) is 0 Å². The van der Waals surface area contributed by atoms with Crippen LogP contribution in [0.3, 0.4) is 0 Å². The van der Waals surface area contributed by atoms with E-state index in [2.05, 4.69) is 25.8 Å². The molecule has 0 fully saturated rings. The number of rotatable bonds is 4. The van der Waals surface area contributed by atoms with Crippen molar-refractivity contribution in [2.24, 2.45) is 5.92 Å². The van der Waals surface area contributed by atoms with Crippen LogP contribution >= 0.6 is 11.3 Å². The van der Waals surface area contributed by atoms with Gasteiger partial charge in [0, 0.05) is 11.1 Å². The molecule has 0 saturated carbocycles. The monoisotopic (exact) mass is 185 g/mol. The molecule has 0 bridgehead atoms. The molecule has 0 atom stereocenters. The van der Waals surface area contributed by atoms with Gasteiger partial charge in [-0.25, -0.2) is 4.98 Å². The second-order valence-corrected chi connectivity index (χ2v) is 4.23. The summed E-state index contributed by atoms with van der Waals surface area (Å²) >= 11 is 1.64. The van der Waals surface area contributed by atoms with Crippen molar-refractivity contribution in [1.82, 2.24) is 4.98 Å². The van der Waals surface area contributed by atoms with E-state index in [4.69, 9.17) is 4.74 Å². The zero-order valence-corrected chi connectivity index (χ0v) is 8.65. The molecule has 0 aliphatic rings. The van der Waals surface area contributed by atoms with E-state index in [0.29, 0.717) is 5.92 Å². The average molecular weight is 185 g/mol. The Morgan fingerprint density at radius 3 is 2.83 bits per heavy atom. The van der Waals surface area contributed by atoms with E-state index in [9.17, 15) is 0 Å². The predicted molar refractivity (Wildman–Crippen MR) is 51.8 cm³/mol. The molecule has 0 aromatic carbocycles. The van der Waals surface area contributed by atoms with Gasteiger partial charge < -0.3 is 4.74 Å². The fourth-order valence-corrected chi connectivity index (χ4v) is 1.46. The summed E-state index contributed by atoms with van der Waals surface area (Å²) in [6.45, 7) is 7.15. The van der Waals surface area contributed by atoms with E-state index in [1.54, 1.807) is 11.3 Å². The molecular formula is C9H15NOS. The van der Waals surface area contributed by atoms with Gasteiger partial charge in [-0.05, 0) is 12.3 Å². The highest BCUT2D eigenvalue weighted by molar-refractivity contribution is 7.13. The molecule has 2 nitrogen and oxygen atoms in total. The molecule has 1 rings (SSSR count). The first-order valence-electron chi connectivity index (χ1n) is 4.30. The van der Waals surface area contributed by atoms with Gasteiger partial charge in [-0.2, -0.15) is 0 Å². The molecule has 0 N–H and O–H groups in total. The molecule has 0 amide bonds. The Morgan fingerprint density at radius 1 is 1.58 bits per heavy atom. The second kappa shape index (κ2) is 4.45. The van der Waals surface area contributed by atoms with Crippen LogP contribution in [0, 0.1) is 5.92 Å². The summed E-state index contributed by atoms with van der Waals surface area (Å²) < 4.78 is 5.46. The number of ether oxygens (including phenoxy) is 1. The molecule has 1 aromatic rings. The molecule has 3 heteroatoms. The maximum Gasteiger partial charge on any atom is 0.273 e. The van der Waals surface area contributed by atoms with E-state index in [1.165, 1.54) is 4.88 Å². The number of aryl methyl sites for hydroxylation is 1. The van der Waals surface area contributed by atoms with Gasteiger partial charge >= 0.3 is 0 Å². The first-order chi connectivity index (χ1) is 5.72. The van der Waals surface area contributed by atoms with Crippen LogP contribution < -0.4 is 4.74 Å². The van der Waals surface area contributed by atoms with Gasteiger partial charge in [-0.3, -0.25) is 0 Å². The van der Waals surface area contributed by atoms with Crippen LogP contribution in [0.2, 0.25) is 0 Å². The van der Waals surface area contributed by atoms with Gasteiger partial charge in [-0.15, -0.1) is 0 Å². The van der Waals surface area contributed by atoms with Crippen LogP contribution in [0.25, 0.3) is 0 Å². The molecule has 0 unspecified atom stereocenters. The lowest BCUT2D eigenvalue weighted by atomic mass is 10.2. The highest BCUT2D eigenvalue weighted by atomic mass is 32.1. The lowest BCUT2D eigenvalue weighted by molar-refractivity contribution is 0.270. The Morgan fingerprint density at radius 2 is 2.33 bits per heavy atom. The fourth-order valence-electron chi connectivity index (χ4n) is 0.758. The minimum atomic E-state index is 0.568. The lowest BCUT2D eigenvalue weighted by Gasteiger charge is -2.03. The second-order valence-electron chi connectivity index (χ2n) is 3.15. The molecular weight excluding hydrogens is 170 g/mol. The summed E-state index contributed by atoms with van der Waals surface area (Å²) in [4.78, 5) is 5.44. The maximum absolute atomic E-state index is 5.46. The molecule has 0 aliphatic carbocycles. The Kier molecular flexibility index (Phi) is 3.53. The van der Waals surface area contributed by atoms with Gasteiger partial charge in [0.25, 0.3) is 5.19 Å². The molecule has 1 heterocycles. The number of aromatic nitrogens is 1. The highest BCUT2D eigenvalue weighted by Gasteiger charge is 2.01. The highest BCUT2D eigenvalue weighted by Crippen LogP contribution is 2.20. The Labute approximate surface area is 77.6 Å². The van der Waals surface area contributed by atoms with Crippen molar-refractivity contribution in [2.45, 2.75) is 27.2 Å². The maximum atomic E-state index is 5.46. The summed E-state index contributed by atoms with van der Waals surface area (Å²) in [5.41, 5.74) is 0. The predicted octanol–water partition coefficient (Wildman–Crippen LogP) is 2.74. The number of nitrogens with zero attached hydrogens (tertiary/aromatic N) is 1. The quantitative estimate of drug-likeness (QED) is 0.719. The van der Waals surface area contributed by atoms with Crippen molar-refractivity contribution < 1.29 is 4.74 Å². The zero-order chi connectivity index (χ0) is 8.97. The first kappa shape index (κ1) is 9.52. The van der Waals surface area contributed by atoms with Crippen LogP contribution in [0.15, 0.2) is 6.20 Å². The number of thiazole rings is 1. The van der Waals surface area contributed by atoms with Gasteiger partial charge in [0.1, 0.15) is 0 Å². The van der Waals surface area contributed by atoms with Crippen molar-refractivity contribution in [3.63, 3.8) is 0 Å². The summed E-state index contributed by atoms with van der Waals surface area (Å²) in [7, 11) is 0. The van der Waals surface area contributed by atoms with Gasteiger partial charge in [0.15, 0.2) is 0 Å². The lowest BCUT2D eigenvalue weighted by Crippen LogP contribution is -2.03. The van der Waals surface area contributed by atoms with Crippen molar-refractivity contribution >= 4 is 11.3 Å². The molecule has 68 valence electrons. The van der Waals surface area contributed by atoms with Crippen LogP contribution in [0.5, 0.6) is 5.19 Å². The van der Waals surface area contributed by atoms with Crippen molar-refractivity contribution in [2.75, 3.05) is 6.61 Å². The van der Waals surface area contributed by atoms with E-state index >= 15 is 0 Å². The molecule has 0 radical (unpaired) electrons. The standard InChI is InChI=1S/C9H15NOS/c1-4-8-5-10-9(12-8)11-6-7(2)3/h5,7H,4,6H2,1-3H3. The third-order valence-corrected chi connectivity index (χ3v) is 2.48. The fraction of sp³-hybridized carbons (Fsp3) is 0.667. The molecule has 12 heavy (non-hydrogen) atoms. The SMILES string of the molecule is CCc1cnc(OCC(C)C)s1. The summed E-state index contributed by atoms with van der Waals surface area (Å²) in [5.74, 6) is 0.568. The van der Waals surface area contributed by atoms with Crippen molar-refractivity contribution in [3.05, 3.63) is 11.1 Å². The summed E-state index contributed by atoms with van der Waals surface area (Å²) in [6.07, 6.45) is 2.93. The number of hydrogen-bond acceptors (Lipinski definition) is 3. The largest absolute Gasteiger partial charge is 0.470 e. The topological polar surface area (TPSA) is 22.1 Å². The normalized spacial score (nSPS) is 10.7. The van der Waals surface area contributed by atoms with Gasteiger partial charge in [0.2, 0.25) is 0 Å². The molecule has 0 aliphatic heterocycles. The number of hydrogen-bond donors (Lipinski definition) is 0. The third kappa shape index (κ3) is 2.81. The summed E-state index contributed by atoms with van der Waals surface area (Å²) in [5, 5.41) is 0.806. The van der Waals surface area contributed by atoms with Gasteiger partial charge in [-0.1, -0.05) is 32.1 Å². The van der Waals surface area contributed by atoms with Crippen LogP contribution in [0.4, 0.5) is 0 Å². The summed E-state index contributed by atoms with van der Waals surface area (Å²) in [6, 6.07) is 0. The third-order valence-electron chi connectivity index (χ3n) is 1.42. The smallest absolute Gasteiger partial charge is 0.273 e. The first-order valence-corrected chi connectivity index (χ1v) is 5.11. The molecule has 0 spiro atoms. The van der Waals surface area contributed by atoms with Crippen LogP contribution in [-0.2, 0) is 6.42 Å². The van der Waals surface area contributed by atoms with E-state index < -0.39 is 0 Å². The minimum Gasteiger partial charge on any atom is -0.470 e. The Balaban J connectivity index is 2.41. The van der Waals surface area contributed by atoms with E-state index in [1.807, 2.05) is 6.20 Å². The average Bonchev–Trinajstić information content (AvgIpc) is 2.48. The van der Waals surface area contributed by atoms with Crippen LogP contribution in [0.1, 0.15) is 25.6 Å². The van der Waals surface area contributed by atoms with Crippen molar-refractivity contribution in [1.29, 1.82) is 0 Å². The Hall–Kier alpha value is -0.570. The van der Waals surface area contributed by atoms with E-state index in [0.717, 1.165) is 18.2 Å². The Bertz CT molecular complexity index is 232.